The fourth-order valence-corrected chi connectivity index (χ4v) is 5.60. The van der Waals surface area contributed by atoms with E-state index in [4.69, 9.17) is 0 Å². The average Bonchev–Trinajstić information content (AvgIpc) is 2.93. The summed E-state index contributed by atoms with van der Waals surface area (Å²) in [5.74, 6) is 0. The fourth-order valence-electron chi connectivity index (χ4n) is 3.97. The first-order chi connectivity index (χ1) is 17.7. The fraction of sp³-hybridized carbons (Fsp3) is 0.235. The number of unbranched alkanes of at least 4 members (excludes halogenated alkanes) is 2. The standard InChI is InChI=1S/C34H36S2/c1-3-5-7-27-11-19-31(20-12-27)35-33-23-15-29(16-24-33)9-10-30-17-25-34(26-18-30)36-32-21-13-28(14-22-32)8-6-4-2/h9-26H,3-8H2,1-2H3/b10-9+. The van der Waals surface area contributed by atoms with Crippen molar-refractivity contribution in [1.29, 1.82) is 0 Å². The lowest BCUT2D eigenvalue weighted by Crippen LogP contribution is -1.84. The van der Waals surface area contributed by atoms with Gasteiger partial charge < -0.3 is 0 Å². The molecule has 0 fully saturated rings. The van der Waals surface area contributed by atoms with Gasteiger partial charge in [-0.25, -0.2) is 0 Å². The summed E-state index contributed by atoms with van der Waals surface area (Å²) in [7, 11) is 0. The van der Waals surface area contributed by atoms with Gasteiger partial charge in [0.15, 0.2) is 0 Å². The van der Waals surface area contributed by atoms with Crippen LogP contribution < -0.4 is 0 Å². The molecule has 184 valence electrons. The van der Waals surface area contributed by atoms with Gasteiger partial charge in [-0.2, -0.15) is 0 Å². The zero-order chi connectivity index (χ0) is 25.0. The Kier molecular flexibility index (Phi) is 10.4. The van der Waals surface area contributed by atoms with Crippen LogP contribution in [0.3, 0.4) is 0 Å². The second kappa shape index (κ2) is 14.2. The number of rotatable bonds is 12. The van der Waals surface area contributed by atoms with Gasteiger partial charge >= 0.3 is 0 Å². The predicted molar refractivity (Wildman–Crippen MR) is 160 cm³/mol. The van der Waals surface area contributed by atoms with E-state index in [2.05, 4.69) is 123 Å². The molecule has 0 nitrogen and oxygen atoms in total. The van der Waals surface area contributed by atoms with E-state index in [-0.39, 0.29) is 0 Å². The molecule has 0 atom stereocenters. The van der Waals surface area contributed by atoms with Crippen molar-refractivity contribution in [3.8, 4) is 0 Å². The maximum absolute atomic E-state index is 2.27. The normalized spacial score (nSPS) is 11.3. The van der Waals surface area contributed by atoms with Gasteiger partial charge in [0, 0.05) is 19.6 Å². The van der Waals surface area contributed by atoms with Gasteiger partial charge in [0.1, 0.15) is 0 Å². The van der Waals surface area contributed by atoms with Crippen LogP contribution in [0.2, 0.25) is 0 Å². The van der Waals surface area contributed by atoms with Crippen LogP contribution in [0, 0.1) is 0 Å². The minimum atomic E-state index is 1.18. The first kappa shape index (κ1) is 26.4. The van der Waals surface area contributed by atoms with Crippen molar-refractivity contribution < 1.29 is 0 Å². The number of hydrogen-bond donors (Lipinski definition) is 0. The smallest absolute Gasteiger partial charge is 0.0122 e. The molecule has 0 aliphatic rings. The Bertz CT molecular complexity index is 1100. The van der Waals surface area contributed by atoms with E-state index in [0.717, 1.165) is 0 Å². The molecule has 4 aromatic rings. The largest absolute Gasteiger partial charge is 0.0901 e. The number of hydrogen-bond acceptors (Lipinski definition) is 2. The molecule has 2 heteroatoms. The molecule has 0 aliphatic heterocycles. The maximum atomic E-state index is 2.27. The summed E-state index contributed by atoms with van der Waals surface area (Å²) in [6.45, 7) is 4.49. The summed E-state index contributed by atoms with van der Waals surface area (Å²) < 4.78 is 0. The van der Waals surface area contributed by atoms with Crippen LogP contribution in [-0.2, 0) is 12.8 Å². The highest BCUT2D eigenvalue weighted by atomic mass is 32.2. The van der Waals surface area contributed by atoms with E-state index in [1.807, 2.05) is 23.5 Å². The maximum Gasteiger partial charge on any atom is 0.0122 e. The molecule has 0 heterocycles. The van der Waals surface area contributed by atoms with Crippen LogP contribution >= 0.6 is 23.5 Å². The zero-order valence-corrected chi connectivity index (χ0v) is 23.1. The van der Waals surface area contributed by atoms with Gasteiger partial charge in [-0.15, -0.1) is 0 Å². The Hall–Kier alpha value is -2.68. The van der Waals surface area contributed by atoms with Gasteiger partial charge in [0.2, 0.25) is 0 Å². The molecule has 0 bridgehead atoms. The van der Waals surface area contributed by atoms with Crippen LogP contribution in [0.5, 0.6) is 0 Å². The minimum absolute atomic E-state index is 1.18. The number of benzene rings is 4. The Morgan fingerprint density at radius 2 is 0.750 bits per heavy atom. The molecule has 0 saturated heterocycles. The van der Waals surface area contributed by atoms with Gasteiger partial charge in [-0.1, -0.05) is 111 Å². The van der Waals surface area contributed by atoms with E-state index in [0.29, 0.717) is 0 Å². The minimum Gasteiger partial charge on any atom is -0.0901 e. The van der Waals surface area contributed by atoms with Crippen molar-refractivity contribution in [2.45, 2.75) is 72.0 Å². The average molecular weight is 509 g/mol. The monoisotopic (exact) mass is 508 g/mol. The summed E-state index contributed by atoms with van der Waals surface area (Å²) in [5, 5.41) is 0. The highest BCUT2D eigenvalue weighted by molar-refractivity contribution is 7.99. The van der Waals surface area contributed by atoms with Crippen molar-refractivity contribution in [2.24, 2.45) is 0 Å². The van der Waals surface area contributed by atoms with Crippen LogP contribution in [-0.4, -0.2) is 0 Å². The van der Waals surface area contributed by atoms with Crippen LogP contribution in [0.1, 0.15) is 61.8 Å². The van der Waals surface area contributed by atoms with Gasteiger partial charge in [-0.3, -0.25) is 0 Å². The second-order valence-corrected chi connectivity index (χ2v) is 11.5. The van der Waals surface area contributed by atoms with E-state index >= 15 is 0 Å². The summed E-state index contributed by atoms with van der Waals surface area (Å²) in [4.78, 5) is 5.13. The summed E-state index contributed by atoms with van der Waals surface area (Å²) in [6.07, 6.45) is 11.7. The highest BCUT2D eigenvalue weighted by Gasteiger charge is 2.01. The van der Waals surface area contributed by atoms with Gasteiger partial charge in [-0.05, 0) is 96.5 Å². The van der Waals surface area contributed by atoms with Crippen molar-refractivity contribution in [1.82, 2.24) is 0 Å². The molecule has 0 unspecified atom stereocenters. The van der Waals surface area contributed by atoms with Gasteiger partial charge in [0.05, 0.1) is 0 Å². The van der Waals surface area contributed by atoms with E-state index in [1.54, 1.807) is 0 Å². The third-order valence-corrected chi connectivity index (χ3v) is 8.22. The Morgan fingerprint density at radius 3 is 1.06 bits per heavy atom. The van der Waals surface area contributed by atoms with E-state index in [9.17, 15) is 0 Å². The first-order valence-electron chi connectivity index (χ1n) is 13.1. The quantitative estimate of drug-likeness (QED) is 0.175. The summed E-state index contributed by atoms with van der Waals surface area (Å²) in [6, 6.07) is 35.7. The third-order valence-electron chi connectivity index (χ3n) is 6.18. The van der Waals surface area contributed by atoms with Crippen molar-refractivity contribution in [3.05, 3.63) is 119 Å². The van der Waals surface area contributed by atoms with Crippen LogP contribution in [0.15, 0.2) is 117 Å². The zero-order valence-electron chi connectivity index (χ0n) is 21.5. The molecular weight excluding hydrogens is 473 g/mol. The molecule has 0 spiro atoms. The first-order valence-corrected chi connectivity index (χ1v) is 14.8. The molecule has 0 saturated carbocycles. The predicted octanol–water partition coefficient (Wildman–Crippen LogP) is 10.8. The second-order valence-electron chi connectivity index (χ2n) is 9.17. The molecule has 0 radical (unpaired) electrons. The number of aryl methyl sites for hydroxylation is 2. The summed E-state index contributed by atoms with van der Waals surface area (Å²) in [5.41, 5.74) is 5.31. The molecule has 0 aliphatic carbocycles. The summed E-state index contributed by atoms with van der Waals surface area (Å²) >= 11 is 3.65. The Morgan fingerprint density at radius 1 is 0.444 bits per heavy atom. The van der Waals surface area contributed by atoms with Crippen LogP contribution in [0.25, 0.3) is 12.2 Å². The lowest BCUT2D eigenvalue weighted by atomic mass is 10.1. The molecule has 0 amide bonds. The third kappa shape index (κ3) is 8.47. The molecule has 36 heavy (non-hydrogen) atoms. The SMILES string of the molecule is CCCCc1ccc(Sc2ccc(/C=C/c3ccc(Sc4ccc(CCCC)cc4)cc3)cc2)cc1. The lowest BCUT2D eigenvalue weighted by Gasteiger charge is -2.05. The molecule has 0 N–H and O–H groups in total. The molecule has 4 aromatic carbocycles. The Labute approximate surface area is 226 Å². The van der Waals surface area contributed by atoms with Crippen molar-refractivity contribution in [3.63, 3.8) is 0 Å². The van der Waals surface area contributed by atoms with Crippen LogP contribution in [0.4, 0.5) is 0 Å². The highest BCUT2D eigenvalue weighted by Crippen LogP contribution is 2.30. The van der Waals surface area contributed by atoms with E-state index in [1.165, 1.54) is 80.4 Å². The topological polar surface area (TPSA) is 0 Å². The molecular formula is C34H36S2. The molecule has 0 aromatic heterocycles. The van der Waals surface area contributed by atoms with E-state index < -0.39 is 0 Å². The van der Waals surface area contributed by atoms with Crippen molar-refractivity contribution >= 4 is 35.7 Å². The lowest BCUT2D eigenvalue weighted by molar-refractivity contribution is 0.794. The molecule has 4 rings (SSSR count). The van der Waals surface area contributed by atoms with Gasteiger partial charge in [0.25, 0.3) is 0 Å². The Balaban J connectivity index is 1.28. The van der Waals surface area contributed by atoms with Crippen molar-refractivity contribution in [2.75, 3.05) is 0 Å².